The number of benzene rings is 2. The first-order valence-electron chi connectivity index (χ1n) is 8.83. The largest absolute Gasteiger partial charge is 0.452 e. The molecule has 0 aliphatic heterocycles. The van der Waals surface area contributed by atoms with E-state index in [1.165, 1.54) is 33.8 Å². The van der Waals surface area contributed by atoms with Crippen molar-refractivity contribution in [1.29, 1.82) is 0 Å². The number of carbonyl (C=O) groups is 2. The predicted octanol–water partition coefficient (Wildman–Crippen LogP) is 3.79. The highest BCUT2D eigenvalue weighted by molar-refractivity contribution is 6.33. The maximum atomic E-state index is 13.1. The fraction of sp³-hybridized carbons (Fsp3) is 0.190. The Morgan fingerprint density at radius 1 is 1.14 bits per heavy atom. The van der Waals surface area contributed by atoms with Crippen LogP contribution in [0.15, 0.2) is 54.6 Å². The number of carbonyl (C=O) groups excluding carboxylic acids is 2. The third-order valence-electron chi connectivity index (χ3n) is 4.29. The molecule has 0 atom stereocenters. The van der Waals surface area contributed by atoms with Crippen molar-refractivity contribution in [2.75, 3.05) is 13.7 Å². The summed E-state index contributed by atoms with van der Waals surface area (Å²) < 4.78 is 19.6. The Bertz CT molecular complexity index is 1020. The first-order valence-corrected chi connectivity index (χ1v) is 9.20. The lowest BCUT2D eigenvalue weighted by Crippen LogP contribution is -2.30. The molecule has 0 aliphatic carbocycles. The fourth-order valence-electron chi connectivity index (χ4n) is 2.74. The average molecular weight is 416 g/mol. The molecule has 0 radical (unpaired) electrons. The highest BCUT2D eigenvalue weighted by atomic mass is 35.5. The van der Waals surface area contributed by atoms with Gasteiger partial charge in [-0.25, -0.2) is 13.9 Å². The average Bonchev–Trinajstić information content (AvgIpc) is 3.01. The zero-order chi connectivity index (χ0) is 21.0. The van der Waals surface area contributed by atoms with Gasteiger partial charge in [0.1, 0.15) is 16.5 Å². The van der Waals surface area contributed by atoms with Gasteiger partial charge in [0.2, 0.25) is 0 Å². The van der Waals surface area contributed by atoms with Gasteiger partial charge in [-0.05, 0) is 36.8 Å². The maximum Gasteiger partial charge on any atom is 0.343 e. The molecule has 0 saturated carbocycles. The van der Waals surface area contributed by atoms with E-state index in [0.29, 0.717) is 17.9 Å². The van der Waals surface area contributed by atoms with Gasteiger partial charge in [0.05, 0.1) is 11.4 Å². The number of nitrogens with zero attached hydrogens (tertiary/aromatic N) is 3. The van der Waals surface area contributed by atoms with E-state index in [4.69, 9.17) is 16.3 Å². The summed E-state index contributed by atoms with van der Waals surface area (Å²) in [6, 6.07) is 15.0. The molecule has 2 aromatic carbocycles. The molecule has 0 saturated heterocycles. The molecule has 0 N–H and O–H groups in total. The van der Waals surface area contributed by atoms with E-state index in [9.17, 15) is 14.0 Å². The Kier molecular flexibility index (Phi) is 6.29. The summed E-state index contributed by atoms with van der Waals surface area (Å²) in [5.74, 6) is -1.49. The van der Waals surface area contributed by atoms with Crippen LogP contribution in [0.3, 0.4) is 0 Å². The maximum absolute atomic E-state index is 13.1. The molecule has 1 aromatic heterocycles. The summed E-state index contributed by atoms with van der Waals surface area (Å²) in [6.45, 7) is 1.59. The van der Waals surface area contributed by atoms with E-state index in [0.717, 1.165) is 5.56 Å². The number of esters is 1. The molecule has 6 nitrogen and oxygen atoms in total. The standard InChI is InChI=1S/C21H19ClFN3O3/c1-14-19(20(22)26(24-14)17-10-8-16(23)9-11-17)21(28)29-13-18(27)25(2)12-15-6-4-3-5-7-15/h3-11H,12-13H2,1-2H3. The zero-order valence-electron chi connectivity index (χ0n) is 15.9. The lowest BCUT2D eigenvalue weighted by Gasteiger charge is -2.17. The minimum absolute atomic E-state index is 0.0317. The number of hydrogen-bond acceptors (Lipinski definition) is 4. The lowest BCUT2D eigenvalue weighted by molar-refractivity contribution is -0.133. The Labute approximate surface area is 172 Å². The van der Waals surface area contributed by atoms with E-state index in [1.54, 1.807) is 14.0 Å². The van der Waals surface area contributed by atoms with Crippen LogP contribution < -0.4 is 0 Å². The van der Waals surface area contributed by atoms with Crippen LogP contribution in [0.4, 0.5) is 4.39 Å². The molecule has 3 aromatic rings. The summed E-state index contributed by atoms with van der Waals surface area (Å²) in [4.78, 5) is 26.2. The van der Waals surface area contributed by atoms with Crippen molar-refractivity contribution in [2.24, 2.45) is 0 Å². The molecule has 0 bridgehead atoms. The molecule has 0 aliphatic rings. The summed E-state index contributed by atoms with van der Waals surface area (Å²) in [5.41, 5.74) is 1.87. The Hall–Kier alpha value is -3.19. The Morgan fingerprint density at radius 3 is 2.45 bits per heavy atom. The van der Waals surface area contributed by atoms with Crippen molar-refractivity contribution in [1.82, 2.24) is 14.7 Å². The minimum atomic E-state index is -0.748. The number of hydrogen-bond donors (Lipinski definition) is 0. The topological polar surface area (TPSA) is 64.4 Å². The van der Waals surface area contributed by atoms with Gasteiger partial charge in [0.25, 0.3) is 5.91 Å². The molecule has 29 heavy (non-hydrogen) atoms. The molecule has 0 spiro atoms. The highest BCUT2D eigenvalue weighted by Crippen LogP contribution is 2.24. The molecule has 0 fully saturated rings. The van der Waals surface area contributed by atoms with Gasteiger partial charge in [-0.3, -0.25) is 4.79 Å². The number of likely N-dealkylation sites (N-methyl/N-ethyl adjacent to an activating group) is 1. The van der Waals surface area contributed by atoms with Crippen molar-refractivity contribution < 1.29 is 18.7 Å². The lowest BCUT2D eigenvalue weighted by atomic mass is 10.2. The molecular formula is C21H19ClFN3O3. The van der Waals surface area contributed by atoms with Crippen LogP contribution in [0.5, 0.6) is 0 Å². The van der Waals surface area contributed by atoms with Crippen LogP contribution in [-0.2, 0) is 16.1 Å². The van der Waals surface area contributed by atoms with Gasteiger partial charge in [-0.15, -0.1) is 0 Å². The van der Waals surface area contributed by atoms with Crippen molar-refractivity contribution in [3.8, 4) is 5.69 Å². The van der Waals surface area contributed by atoms with Gasteiger partial charge in [-0.1, -0.05) is 41.9 Å². The van der Waals surface area contributed by atoms with Crippen molar-refractivity contribution in [3.05, 3.63) is 82.4 Å². The van der Waals surface area contributed by atoms with Crippen LogP contribution in [-0.4, -0.2) is 40.2 Å². The van der Waals surface area contributed by atoms with E-state index in [2.05, 4.69) is 5.10 Å². The van der Waals surface area contributed by atoms with Gasteiger partial charge in [-0.2, -0.15) is 5.10 Å². The third kappa shape index (κ3) is 4.81. The third-order valence-corrected chi connectivity index (χ3v) is 4.64. The first-order chi connectivity index (χ1) is 13.9. The smallest absolute Gasteiger partial charge is 0.343 e. The van der Waals surface area contributed by atoms with Gasteiger partial charge >= 0.3 is 5.97 Å². The summed E-state index contributed by atoms with van der Waals surface area (Å²) in [5, 5.41) is 4.25. The SMILES string of the molecule is Cc1nn(-c2ccc(F)cc2)c(Cl)c1C(=O)OCC(=O)N(C)Cc1ccccc1. The van der Waals surface area contributed by atoms with Crippen LogP contribution in [0, 0.1) is 12.7 Å². The van der Waals surface area contributed by atoms with E-state index < -0.39 is 18.4 Å². The van der Waals surface area contributed by atoms with E-state index >= 15 is 0 Å². The van der Waals surface area contributed by atoms with Gasteiger partial charge < -0.3 is 9.64 Å². The second-order valence-electron chi connectivity index (χ2n) is 6.45. The van der Waals surface area contributed by atoms with Crippen LogP contribution >= 0.6 is 11.6 Å². The Balaban J connectivity index is 1.66. The molecule has 1 amide bonds. The number of amides is 1. The quantitative estimate of drug-likeness (QED) is 0.574. The molecule has 3 rings (SSSR count). The highest BCUT2D eigenvalue weighted by Gasteiger charge is 2.23. The monoisotopic (exact) mass is 415 g/mol. The molecular weight excluding hydrogens is 397 g/mol. The predicted molar refractivity (Wildman–Crippen MR) is 106 cm³/mol. The van der Waals surface area contributed by atoms with Gasteiger partial charge in [0.15, 0.2) is 6.61 Å². The van der Waals surface area contributed by atoms with Crippen molar-refractivity contribution in [2.45, 2.75) is 13.5 Å². The molecule has 0 unspecified atom stereocenters. The zero-order valence-corrected chi connectivity index (χ0v) is 16.7. The van der Waals surface area contributed by atoms with Crippen LogP contribution in [0.25, 0.3) is 5.69 Å². The summed E-state index contributed by atoms with van der Waals surface area (Å²) >= 11 is 6.29. The number of halogens is 2. The fourth-order valence-corrected chi connectivity index (χ4v) is 3.09. The first kappa shape index (κ1) is 20.5. The summed E-state index contributed by atoms with van der Waals surface area (Å²) in [6.07, 6.45) is 0. The van der Waals surface area contributed by atoms with Crippen LogP contribution in [0.1, 0.15) is 21.6 Å². The Morgan fingerprint density at radius 2 is 1.79 bits per heavy atom. The number of rotatable bonds is 6. The number of aromatic nitrogens is 2. The van der Waals surface area contributed by atoms with E-state index in [-0.39, 0.29) is 16.6 Å². The minimum Gasteiger partial charge on any atom is -0.452 e. The second kappa shape index (κ2) is 8.87. The van der Waals surface area contributed by atoms with Gasteiger partial charge in [0, 0.05) is 13.6 Å². The normalized spacial score (nSPS) is 10.6. The van der Waals surface area contributed by atoms with E-state index in [1.807, 2.05) is 30.3 Å². The number of aryl methyl sites for hydroxylation is 1. The van der Waals surface area contributed by atoms with Crippen LogP contribution in [0.2, 0.25) is 5.15 Å². The van der Waals surface area contributed by atoms with Crippen molar-refractivity contribution in [3.63, 3.8) is 0 Å². The summed E-state index contributed by atoms with van der Waals surface area (Å²) in [7, 11) is 1.63. The van der Waals surface area contributed by atoms with Crippen molar-refractivity contribution >= 4 is 23.5 Å². The second-order valence-corrected chi connectivity index (χ2v) is 6.81. The molecule has 150 valence electrons. The molecule has 1 heterocycles. The number of ether oxygens (including phenoxy) is 1. The molecule has 8 heteroatoms.